The maximum Gasteiger partial charge on any atom is 0.136 e. The standard InChI is InChI=1S/C12H20O3S/c1-15-6-2-3-12(13)9-7-10-4-5-11(8-9)16(10)14/h9-11H,2-8H2,1H3. The van der Waals surface area contributed by atoms with Crippen LogP contribution in [-0.2, 0) is 20.3 Å². The molecule has 0 N–H and O–H groups in total. The van der Waals surface area contributed by atoms with E-state index in [1.807, 2.05) is 0 Å². The lowest BCUT2D eigenvalue weighted by Gasteiger charge is -2.26. The van der Waals surface area contributed by atoms with E-state index < -0.39 is 10.8 Å². The Kier molecular flexibility index (Phi) is 4.14. The third-order valence-corrected chi connectivity index (χ3v) is 5.96. The molecule has 0 aromatic rings. The fourth-order valence-corrected chi connectivity index (χ4v) is 5.02. The van der Waals surface area contributed by atoms with Crippen LogP contribution in [0.15, 0.2) is 0 Å². The molecule has 2 rings (SSSR count). The molecule has 3 nitrogen and oxygen atoms in total. The number of fused-ring (bicyclic) bond motifs is 2. The van der Waals surface area contributed by atoms with Crippen molar-refractivity contribution in [2.24, 2.45) is 5.92 Å². The van der Waals surface area contributed by atoms with Crippen LogP contribution < -0.4 is 0 Å². The molecule has 0 amide bonds. The Morgan fingerprint density at radius 1 is 1.31 bits per heavy atom. The fraction of sp³-hybridized carbons (Fsp3) is 0.917. The van der Waals surface area contributed by atoms with Crippen LogP contribution in [0.4, 0.5) is 0 Å². The molecular weight excluding hydrogens is 224 g/mol. The lowest BCUT2D eigenvalue weighted by atomic mass is 9.92. The van der Waals surface area contributed by atoms with Crippen molar-refractivity contribution < 1.29 is 13.7 Å². The summed E-state index contributed by atoms with van der Waals surface area (Å²) in [5, 5.41) is 0.630. The topological polar surface area (TPSA) is 43.4 Å². The zero-order valence-corrected chi connectivity index (χ0v) is 10.6. The van der Waals surface area contributed by atoms with Gasteiger partial charge < -0.3 is 4.74 Å². The average Bonchev–Trinajstić information content (AvgIpc) is 2.53. The molecule has 0 aliphatic carbocycles. The Bertz CT molecular complexity index is 274. The Labute approximate surface area is 99.4 Å². The van der Waals surface area contributed by atoms with Gasteiger partial charge in [-0.1, -0.05) is 0 Å². The summed E-state index contributed by atoms with van der Waals surface area (Å²) in [6, 6.07) is 0. The van der Waals surface area contributed by atoms with Gasteiger partial charge in [0.05, 0.1) is 0 Å². The number of ether oxygens (including phenoxy) is 1. The first kappa shape index (κ1) is 12.2. The molecule has 0 aromatic heterocycles. The summed E-state index contributed by atoms with van der Waals surface area (Å²) < 4.78 is 16.7. The van der Waals surface area contributed by atoms with Crippen LogP contribution in [0.25, 0.3) is 0 Å². The van der Waals surface area contributed by atoms with E-state index in [4.69, 9.17) is 4.74 Å². The Balaban J connectivity index is 1.83. The lowest BCUT2D eigenvalue weighted by molar-refractivity contribution is -0.123. The van der Waals surface area contributed by atoms with E-state index in [9.17, 15) is 9.00 Å². The highest BCUT2D eigenvalue weighted by Gasteiger charge is 2.42. The molecule has 2 atom stereocenters. The molecule has 0 saturated carbocycles. The van der Waals surface area contributed by atoms with Crippen molar-refractivity contribution in [3.63, 3.8) is 0 Å². The highest BCUT2D eigenvalue weighted by Crippen LogP contribution is 2.39. The summed E-state index contributed by atoms with van der Waals surface area (Å²) in [7, 11) is 1.02. The van der Waals surface area contributed by atoms with Gasteiger partial charge in [0.2, 0.25) is 0 Å². The van der Waals surface area contributed by atoms with E-state index in [2.05, 4.69) is 0 Å². The number of rotatable bonds is 5. The Morgan fingerprint density at radius 2 is 1.94 bits per heavy atom. The van der Waals surface area contributed by atoms with E-state index in [0.29, 0.717) is 29.3 Å². The van der Waals surface area contributed by atoms with Crippen molar-refractivity contribution in [1.82, 2.24) is 0 Å². The molecular formula is C12H20O3S. The van der Waals surface area contributed by atoms with Gasteiger partial charge in [0, 0.05) is 47.4 Å². The van der Waals surface area contributed by atoms with Gasteiger partial charge in [-0.05, 0) is 32.1 Å². The number of hydrogen-bond donors (Lipinski definition) is 0. The van der Waals surface area contributed by atoms with Gasteiger partial charge in [-0.3, -0.25) is 9.00 Å². The van der Waals surface area contributed by atoms with E-state index in [1.165, 1.54) is 0 Å². The van der Waals surface area contributed by atoms with E-state index in [-0.39, 0.29) is 5.92 Å². The molecule has 0 radical (unpaired) electrons. The summed E-state index contributed by atoms with van der Waals surface area (Å²) in [6.07, 6.45) is 5.33. The number of carbonyl (C=O) groups is 1. The summed E-state index contributed by atoms with van der Waals surface area (Å²) >= 11 is 0. The van der Waals surface area contributed by atoms with Crippen molar-refractivity contribution in [3.05, 3.63) is 0 Å². The zero-order valence-electron chi connectivity index (χ0n) is 9.81. The monoisotopic (exact) mass is 244 g/mol. The molecule has 2 heterocycles. The summed E-state index contributed by atoms with van der Waals surface area (Å²) in [5.41, 5.74) is 0. The van der Waals surface area contributed by atoms with Crippen molar-refractivity contribution in [2.75, 3.05) is 13.7 Å². The lowest BCUT2D eigenvalue weighted by Crippen LogP contribution is -2.32. The molecule has 2 aliphatic rings. The van der Waals surface area contributed by atoms with Crippen LogP contribution in [0.3, 0.4) is 0 Å². The molecule has 0 aromatic carbocycles. The van der Waals surface area contributed by atoms with Crippen molar-refractivity contribution in [2.45, 2.75) is 49.0 Å². The third-order valence-electron chi connectivity index (χ3n) is 3.79. The van der Waals surface area contributed by atoms with Crippen molar-refractivity contribution in [1.29, 1.82) is 0 Å². The summed E-state index contributed by atoms with van der Waals surface area (Å²) in [6.45, 7) is 0.664. The van der Waals surface area contributed by atoms with Crippen LogP contribution >= 0.6 is 0 Å². The molecule has 2 bridgehead atoms. The number of methoxy groups -OCH3 is 1. The second kappa shape index (κ2) is 5.41. The SMILES string of the molecule is COCCCC(=O)C1CC2CCC(C1)S2=O. The average molecular weight is 244 g/mol. The number of hydrogen-bond acceptors (Lipinski definition) is 3. The number of ketones is 1. The molecule has 2 aliphatic heterocycles. The van der Waals surface area contributed by atoms with Gasteiger partial charge in [0.25, 0.3) is 0 Å². The molecule has 16 heavy (non-hydrogen) atoms. The van der Waals surface area contributed by atoms with E-state index in [0.717, 1.165) is 32.1 Å². The summed E-state index contributed by atoms with van der Waals surface area (Å²) in [5.74, 6) is 0.553. The van der Waals surface area contributed by atoms with Crippen LogP contribution in [-0.4, -0.2) is 34.2 Å². The van der Waals surface area contributed by atoms with Crippen LogP contribution in [0.1, 0.15) is 38.5 Å². The van der Waals surface area contributed by atoms with Crippen LogP contribution in [0, 0.1) is 5.92 Å². The van der Waals surface area contributed by atoms with Gasteiger partial charge in [-0.15, -0.1) is 0 Å². The number of carbonyl (C=O) groups excluding carboxylic acids is 1. The maximum absolute atomic E-state index is 11.9. The first-order chi connectivity index (χ1) is 7.72. The molecule has 2 saturated heterocycles. The first-order valence-electron chi connectivity index (χ1n) is 6.13. The molecule has 92 valence electrons. The second-order valence-electron chi connectivity index (χ2n) is 4.88. The highest BCUT2D eigenvalue weighted by molar-refractivity contribution is 7.86. The minimum absolute atomic E-state index is 0.187. The maximum atomic E-state index is 11.9. The molecule has 4 heteroatoms. The Morgan fingerprint density at radius 3 is 2.50 bits per heavy atom. The zero-order chi connectivity index (χ0) is 11.5. The third kappa shape index (κ3) is 2.54. The normalized spacial score (nSPS) is 37.6. The minimum atomic E-state index is -0.640. The van der Waals surface area contributed by atoms with Crippen molar-refractivity contribution in [3.8, 4) is 0 Å². The largest absolute Gasteiger partial charge is 0.385 e. The Hall–Kier alpha value is -0.220. The first-order valence-corrected chi connectivity index (χ1v) is 7.41. The predicted octanol–water partition coefficient (Wildman–Crippen LogP) is 1.67. The number of Topliss-reactive ketones (excluding diaryl/α,β-unsaturated/α-hetero) is 1. The van der Waals surface area contributed by atoms with Crippen molar-refractivity contribution >= 4 is 16.6 Å². The second-order valence-corrected chi connectivity index (χ2v) is 6.87. The molecule has 0 spiro atoms. The predicted molar refractivity (Wildman–Crippen MR) is 63.8 cm³/mol. The quantitative estimate of drug-likeness (QED) is 0.691. The van der Waals surface area contributed by atoms with Gasteiger partial charge >= 0.3 is 0 Å². The van der Waals surface area contributed by atoms with E-state index >= 15 is 0 Å². The fourth-order valence-electron chi connectivity index (χ4n) is 2.89. The molecule has 2 unspecified atom stereocenters. The van der Waals surface area contributed by atoms with Crippen LogP contribution in [0.2, 0.25) is 0 Å². The minimum Gasteiger partial charge on any atom is -0.385 e. The highest BCUT2D eigenvalue weighted by atomic mass is 32.2. The molecule has 2 fully saturated rings. The van der Waals surface area contributed by atoms with Gasteiger partial charge in [-0.2, -0.15) is 0 Å². The van der Waals surface area contributed by atoms with Crippen LogP contribution in [0.5, 0.6) is 0 Å². The van der Waals surface area contributed by atoms with Gasteiger partial charge in [0.1, 0.15) is 5.78 Å². The van der Waals surface area contributed by atoms with Gasteiger partial charge in [-0.25, -0.2) is 0 Å². The van der Waals surface area contributed by atoms with E-state index in [1.54, 1.807) is 7.11 Å². The smallest absolute Gasteiger partial charge is 0.136 e. The van der Waals surface area contributed by atoms with Gasteiger partial charge in [0.15, 0.2) is 0 Å². The summed E-state index contributed by atoms with van der Waals surface area (Å²) in [4.78, 5) is 11.9.